The van der Waals surface area contributed by atoms with Crippen LogP contribution in [-0.4, -0.2) is 15.9 Å². The summed E-state index contributed by atoms with van der Waals surface area (Å²) in [5.41, 5.74) is 7.72. The van der Waals surface area contributed by atoms with Crippen molar-refractivity contribution < 1.29 is 0 Å². The van der Waals surface area contributed by atoms with Crippen molar-refractivity contribution in [3.8, 4) is 0 Å². The Labute approximate surface area is 111 Å². The molecule has 96 valence electrons. The van der Waals surface area contributed by atoms with Gasteiger partial charge in [0.2, 0.25) is 5.13 Å². The summed E-state index contributed by atoms with van der Waals surface area (Å²) >= 11 is 1.42. The number of aromatic nitrogens is 2. The molecule has 0 saturated heterocycles. The summed E-state index contributed by atoms with van der Waals surface area (Å²) in [6.45, 7) is 5.05. The molecule has 2 rings (SSSR count). The van der Waals surface area contributed by atoms with Gasteiger partial charge in [0, 0.05) is 29.7 Å². The van der Waals surface area contributed by atoms with Gasteiger partial charge >= 0.3 is 0 Å². The Morgan fingerprint density at radius 3 is 2.61 bits per heavy atom. The SMILES string of the molecule is CC(C)c1nsc(NCCc2ccc(N)cc2)n1. The van der Waals surface area contributed by atoms with Crippen LogP contribution in [0.2, 0.25) is 0 Å². The molecule has 0 amide bonds. The molecule has 0 bridgehead atoms. The zero-order valence-electron chi connectivity index (χ0n) is 10.7. The van der Waals surface area contributed by atoms with Gasteiger partial charge in [-0.05, 0) is 24.1 Å². The van der Waals surface area contributed by atoms with Crippen LogP contribution in [-0.2, 0) is 6.42 Å². The van der Waals surface area contributed by atoms with E-state index < -0.39 is 0 Å². The number of nitrogen functional groups attached to an aromatic ring is 1. The van der Waals surface area contributed by atoms with Gasteiger partial charge in [-0.1, -0.05) is 26.0 Å². The third kappa shape index (κ3) is 3.43. The van der Waals surface area contributed by atoms with E-state index in [1.807, 2.05) is 12.1 Å². The van der Waals surface area contributed by atoms with Crippen molar-refractivity contribution in [3.05, 3.63) is 35.7 Å². The first-order valence-corrected chi connectivity index (χ1v) is 6.84. The maximum atomic E-state index is 5.65. The van der Waals surface area contributed by atoms with Gasteiger partial charge in [-0.3, -0.25) is 0 Å². The molecule has 0 fully saturated rings. The lowest BCUT2D eigenvalue weighted by atomic mass is 10.1. The van der Waals surface area contributed by atoms with Crippen molar-refractivity contribution in [3.63, 3.8) is 0 Å². The van der Waals surface area contributed by atoms with Crippen LogP contribution in [0.3, 0.4) is 0 Å². The molecule has 4 nitrogen and oxygen atoms in total. The summed E-state index contributed by atoms with van der Waals surface area (Å²) in [5, 5.41) is 4.19. The second kappa shape index (κ2) is 5.82. The first-order valence-electron chi connectivity index (χ1n) is 6.07. The molecule has 0 aliphatic heterocycles. The number of benzene rings is 1. The number of nitrogens with zero attached hydrogens (tertiary/aromatic N) is 2. The van der Waals surface area contributed by atoms with E-state index >= 15 is 0 Å². The van der Waals surface area contributed by atoms with Crippen LogP contribution < -0.4 is 11.1 Å². The average Bonchev–Trinajstić information content (AvgIpc) is 2.81. The number of hydrogen-bond acceptors (Lipinski definition) is 5. The number of anilines is 2. The monoisotopic (exact) mass is 262 g/mol. The van der Waals surface area contributed by atoms with Crippen molar-refractivity contribution >= 4 is 22.4 Å². The van der Waals surface area contributed by atoms with Crippen LogP contribution in [0.1, 0.15) is 31.2 Å². The van der Waals surface area contributed by atoms with Gasteiger partial charge in [0.1, 0.15) is 5.82 Å². The summed E-state index contributed by atoms with van der Waals surface area (Å²) in [6, 6.07) is 7.96. The van der Waals surface area contributed by atoms with Crippen molar-refractivity contribution in [2.75, 3.05) is 17.6 Å². The minimum atomic E-state index is 0.383. The van der Waals surface area contributed by atoms with Crippen LogP contribution in [0.5, 0.6) is 0 Å². The molecule has 0 aliphatic carbocycles. The van der Waals surface area contributed by atoms with Crippen LogP contribution in [0.15, 0.2) is 24.3 Å². The van der Waals surface area contributed by atoms with Crippen LogP contribution in [0, 0.1) is 0 Å². The Morgan fingerprint density at radius 2 is 2.00 bits per heavy atom. The lowest BCUT2D eigenvalue weighted by Gasteiger charge is -2.03. The fourth-order valence-electron chi connectivity index (χ4n) is 1.54. The molecule has 0 radical (unpaired) electrons. The lowest BCUT2D eigenvalue weighted by Crippen LogP contribution is -2.04. The fourth-order valence-corrected chi connectivity index (χ4v) is 2.27. The van der Waals surface area contributed by atoms with Crippen LogP contribution >= 0.6 is 11.5 Å². The van der Waals surface area contributed by atoms with Gasteiger partial charge in [-0.2, -0.15) is 4.37 Å². The van der Waals surface area contributed by atoms with E-state index in [0.29, 0.717) is 5.92 Å². The molecule has 1 heterocycles. The highest BCUT2D eigenvalue weighted by atomic mass is 32.1. The molecule has 1 aromatic heterocycles. The molecule has 18 heavy (non-hydrogen) atoms. The molecule has 0 atom stereocenters. The Kier molecular flexibility index (Phi) is 4.15. The summed E-state index contributed by atoms with van der Waals surface area (Å²) in [5.74, 6) is 1.30. The second-order valence-corrected chi connectivity index (χ2v) is 5.28. The Bertz CT molecular complexity index is 490. The predicted octanol–water partition coefficient (Wildman–Crippen LogP) is 2.90. The smallest absolute Gasteiger partial charge is 0.202 e. The topological polar surface area (TPSA) is 63.8 Å². The van der Waals surface area contributed by atoms with Gasteiger partial charge < -0.3 is 11.1 Å². The summed E-state index contributed by atoms with van der Waals surface area (Å²) in [6.07, 6.45) is 0.955. The van der Waals surface area contributed by atoms with E-state index in [-0.39, 0.29) is 0 Å². The quantitative estimate of drug-likeness (QED) is 0.813. The van der Waals surface area contributed by atoms with Gasteiger partial charge in [0.25, 0.3) is 0 Å². The normalized spacial score (nSPS) is 10.8. The third-order valence-corrected chi connectivity index (χ3v) is 3.31. The van der Waals surface area contributed by atoms with Crippen LogP contribution in [0.4, 0.5) is 10.8 Å². The van der Waals surface area contributed by atoms with E-state index in [9.17, 15) is 0 Å². The zero-order chi connectivity index (χ0) is 13.0. The Balaban J connectivity index is 1.82. The Morgan fingerprint density at radius 1 is 1.28 bits per heavy atom. The van der Waals surface area contributed by atoms with E-state index in [0.717, 1.165) is 29.6 Å². The van der Waals surface area contributed by atoms with Crippen molar-refractivity contribution in [1.82, 2.24) is 9.36 Å². The van der Waals surface area contributed by atoms with Crippen LogP contribution in [0.25, 0.3) is 0 Å². The maximum Gasteiger partial charge on any atom is 0.202 e. The average molecular weight is 262 g/mol. The molecule has 0 aliphatic rings. The molecular formula is C13H18N4S. The number of nitrogens with two attached hydrogens (primary N) is 1. The lowest BCUT2D eigenvalue weighted by molar-refractivity contribution is 0.799. The predicted molar refractivity (Wildman–Crippen MR) is 77.0 cm³/mol. The molecule has 0 saturated carbocycles. The third-order valence-electron chi connectivity index (χ3n) is 2.63. The van der Waals surface area contributed by atoms with Crippen molar-refractivity contribution in [2.45, 2.75) is 26.2 Å². The molecule has 2 aromatic rings. The summed E-state index contributed by atoms with van der Waals surface area (Å²) in [4.78, 5) is 4.43. The Hall–Kier alpha value is -1.62. The number of hydrogen-bond donors (Lipinski definition) is 2. The van der Waals surface area contributed by atoms with E-state index in [1.165, 1.54) is 17.1 Å². The molecule has 1 aromatic carbocycles. The van der Waals surface area contributed by atoms with Gasteiger partial charge in [0.05, 0.1) is 0 Å². The highest BCUT2D eigenvalue weighted by Gasteiger charge is 2.06. The largest absolute Gasteiger partial charge is 0.399 e. The molecular weight excluding hydrogens is 244 g/mol. The summed E-state index contributed by atoms with van der Waals surface area (Å²) in [7, 11) is 0. The molecule has 0 unspecified atom stereocenters. The first-order chi connectivity index (χ1) is 8.65. The minimum absolute atomic E-state index is 0.383. The molecule has 3 N–H and O–H groups in total. The zero-order valence-corrected chi connectivity index (χ0v) is 11.5. The standard InChI is InChI=1S/C13H18N4S/c1-9(2)12-16-13(18-17-12)15-8-7-10-3-5-11(14)6-4-10/h3-6,9H,7-8,14H2,1-2H3,(H,15,16,17). The number of rotatable bonds is 5. The minimum Gasteiger partial charge on any atom is -0.399 e. The van der Waals surface area contributed by atoms with Gasteiger partial charge in [-0.25, -0.2) is 4.98 Å². The first kappa shape index (κ1) is 12.8. The fraction of sp³-hybridized carbons (Fsp3) is 0.385. The van der Waals surface area contributed by atoms with E-state index in [4.69, 9.17) is 5.73 Å². The maximum absolute atomic E-state index is 5.65. The van der Waals surface area contributed by atoms with E-state index in [1.54, 1.807) is 0 Å². The highest BCUT2D eigenvalue weighted by Crippen LogP contribution is 2.17. The summed E-state index contributed by atoms with van der Waals surface area (Å²) < 4.78 is 4.30. The van der Waals surface area contributed by atoms with Gasteiger partial charge in [-0.15, -0.1) is 0 Å². The van der Waals surface area contributed by atoms with Crippen molar-refractivity contribution in [1.29, 1.82) is 0 Å². The second-order valence-electron chi connectivity index (χ2n) is 4.53. The van der Waals surface area contributed by atoms with E-state index in [2.05, 4.69) is 40.7 Å². The van der Waals surface area contributed by atoms with Gasteiger partial charge in [0.15, 0.2) is 0 Å². The highest BCUT2D eigenvalue weighted by molar-refractivity contribution is 7.09. The molecule has 5 heteroatoms. The molecule has 0 spiro atoms. The number of nitrogens with one attached hydrogen (secondary N) is 1. The van der Waals surface area contributed by atoms with Crippen molar-refractivity contribution in [2.24, 2.45) is 0 Å².